The van der Waals surface area contributed by atoms with Crippen LogP contribution >= 0.6 is 0 Å². The minimum atomic E-state index is 0.100. The fourth-order valence-electron chi connectivity index (χ4n) is 4.24. The molecule has 5 heteroatoms. The molecule has 5 atom stereocenters. The van der Waals surface area contributed by atoms with Gasteiger partial charge in [-0.15, -0.1) is 0 Å². The summed E-state index contributed by atoms with van der Waals surface area (Å²) < 4.78 is 0. The highest BCUT2D eigenvalue weighted by molar-refractivity contribution is 5.80. The summed E-state index contributed by atoms with van der Waals surface area (Å²) in [5, 5.41) is 3.08. The molecule has 0 spiro atoms. The molecule has 21 heavy (non-hydrogen) atoms. The predicted molar refractivity (Wildman–Crippen MR) is 80.3 cm³/mol. The Balaban J connectivity index is 1.62. The van der Waals surface area contributed by atoms with Crippen molar-refractivity contribution < 1.29 is 9.59 Å². The molecule has 2 aliphatic heterocycles. The average molecular weight is 293 g/mol. The molecular weight excluding hydrogens is 266 g/mol. The van der Waals surface area contributed by atoms with Crippen LogP contribution < -0.4 is 11.1 Å². The molecule has 5 nitrogen and oxygen atoms in total. The third-order valence-electron chi connectivity index (χ3n) is 5.69. The Bertz CT molecular complexity index is 426. The van der Waals surface area contributed by atoms with Gasteiger partial charge in [-0.25, -0.2) is 0 Å². The smallest absolute Gasteiger partial charge is 0.226 e. The van der Waals surface area contributed by atoms with Crippen LogP contribution in [-0.4, -0.2) is 41.9 Å². The first kappa shape index (κ1) is 14.8. The Kier molecular flexibility index (Phi) is 4.20. The summed E-state index contributed by atoms with van der Waals surface area (Å²) in [6.07, 6.45) is 5.36. The minimum Gasteiger partial charge on any atom is -0.353 e. The number of amides is 2. The lowest BCUT2D eigenvalue weighted by molar-refractivity contribution is -0.141. The van der Waals surface area contributed by atoms with Crippen molar-refractivity contribution in [1.82, 2.24) is 10.2 Å². The molecule has 2 amide bonds. The quantitative estimate of drug-likeness (QED) is 0.753. The fraction of sp³-hybridized carbons (Fsp3) is 0.875. The van der Waals surface area contributed by atoms with Crippen LogP contribution in [-0.2, 0) is 9.59 Å². The number of likely N-dealkylation sites (tertiary alicyclic amines) is 1. The maximum Gasteiger partial charge on any atom is 0.226 e. The third kappa shape index (κ3) is 3.07. The van der Waals surface area contributed by atoms with Gasteiger partial charge in [-0.2, -0.15) is 0 Å². The third-order valence-corrected chi connectivity index (χ3v) is 5.69. The summed E-state index contributed by atoms with van der Waals surface area (Å²) in [6.45, 7) is 3.77. The number of carbonyl (C=O) groups excluding carboxylic acids is 2. The number of rotatable bonds is 1. The van der Waals surface area contributed by atoms with E-state index in [1.807, 2.05) is 4.90 Å². The SMILES string of the molecule is CC1CCC(N)CC1C(=O)N1CCC2NC(=O)CCC2C1. The average Bonchev–Trinajstić information content (AvgIpc) is 2.48. The second kappa shape index (κ2) is 5.95. The molecule has 3 fully saturated rings. The van der Waals surface area contributed by atoms with Crippen LogP contribution in [0, 0.1) is 17.8 Å². The first-order chi connectivity index (χ1) is 10.0. The van der Waals surface area contributed by atoms with Crippen molar-refractivity contribution in [2.75, 3.05) is 13.1 Å². The van der Waals surface area contributed by atoms with Gasteiger partial charge in [0.2, 0.25) is 11.8 Å². The number of nitrogens with two attached hydrogens (primary N) is 1. The van der Waals surface area contributed by atoms with E-state index >= 15 is 0 Å². The molecule has 118 valence electrons. The zero-order valence-electron chi connectivity index (χ0n) is 12.9. The van der Waals surface area contributed by atoms with Gasteiger partial charge in [0.1, 0.15) is 0 Å². The maximum absolute atomic E-state index is 12.8. The van der Waals surface area contributed by atoms with E-state index in [9.17, 15) is 9.59 Å². The number of carbonyl (C=O) groups is 2. The van der Waals surface area contributed by atoms with Gasteiger partial charge in [0.25, 0.3) is 0 Å². The lowest BCUT2D eigenvalue weighted by Gasteiger charge is -2.43. The number of nitrogens with zero attached hydrogens (tertiary/aromatic N) is 1. The molecule has 0 aromatic heterocycles. The highest BCUT2D eigenvalue weighted by Crippen LogP contribution is 2.33. The number of piperidine rings is 2. The Hall–Kier alpha value is -1.10. The zero-order valence-corrected chi connectivity index (χ0v) is 12.9. The molecule has 1 aliphatic carbocycles. The fourth-order valence-corrected chi connectivity index (χ4v) is 4.24. The van der Waals surface area contributed by atoms with E-state index in [1.54, 1.807) is 0 Å². The standard InChI is InChI=1S/C16H27N3O2/c1-10-2-4-12(17)8-13(10)16(21)19-7-6-14-11(9-19)3-5-15(20)18-14/h10-14H,2-9,17H2,1H3,(H,18,20). The Morgan fingerprint density at radius 3 is 2.90 bits per heavy atom. The first-order valence-electron chi connectivity index (χ1n) is 8.38. The summed E-state index contributed by atoms with van der Waals surface area (Å²) in [6, 6.07) is 0.461. The monoisotopic (exact) mass is 293 g/mol. The molecule has 0 radical (unpaired) electrons. The van der Waals surface area contributed by atoms with Crippen molar-refractivity contribution in [2.45, 2.75) is 57.5 Å². The van der Waals surface area contributed by atoms with Gasteiger partial charge in [0.15, 0.2) is 0 Å². The van der Waals surface area contributed by atoms with Crippen molar-refractivity contribution in [3.05, 3.63) is 0 Å². The summed E-state index contributed by atoms with van der Waals surface area (Å²) in [5.74, 6) is 1.45. The number of hydrogen-bond donors (Lipinski definition) is 2. The topological polar surface area (TPSA) is 75.4 Å². The maximum atomic E-state index is 12.8. The van der Waals surface area contributed by atoms with E-state index in [1.165, 1.54) is 0 Å². The van der Waals surface area contributed by atoms with Crippen molar-refractivity contribution in [3.63, 3.8) is 0 Å². The molecule has 0 aromatic rings. The second-order valence-electron chi connectivity index (χ2n) is 7.20. The van der Waals surface area contributed by atoms with Gasteiger partial charge >= 0.3 is 0 Å². The lowest BCUT2D eigenvalue weighted by Crippen LogP contribution is -2.56. The van der Waals surface area contributed by atoms with Gasteiger partial charge in [0, 0.05) is 37.5 Å². The minimum absolute atomic E-state index is 0.100. The lowest BCUT2D eigenvalue weighted by atomic mass is 9.76. The normalized spacial score (nSPS) is 40.4. The zero-order chi connectivity index (χ0) is 15.0. The summed E-state index contributed by atoms with van der Waals surface area (Å²) in [7, 11) is 0. The van der Waals surface area contributed by atoms with E-state index in [0.717, 1.165) is 45.2 Å². The molecule has 3 aliphatic rings. The van der Waals surface area contributed by atoms with E-state index in [4.69, 9.17) is 5.73 Å². The molecule has 0 bridgehead atoms. The van der Waals surface area contributed by atoms with Crippen molar-refractivity contribution >= 4 is 11.8 Å². The Labute approximate surface area is 126 Å². The van der Waals surface area contributed by atoms with Gasteiger partial charge in [-0.1, -0.05) is 6.92 Å². The first-order valence-corrected chi connectivity index (χ1v) is 8.38. The van der Waals surface area contributed by atoms with Gasteiger partial charge < -0.3 is 16.0 Å². The Morgan fingerprint density at radius 2 is 2.10 bits per heavy atom. The number of fused-ring (bicyclic) bond motifs is 1. The van der Waals surface area contributed by atoms with Crippen LogP contribution in [0.1, 0.15) is 45.4 Å². The molecular formula is C16H27N3O2. The molecule has 5 unspecified atom stereocenters. The van der Waals surface area contributed by atoms with Crippen LogP contribution in [0.2, 0.25) is 0 Å². The number of nitrogens with one attached hydrogen (secondary N) is 1. The molecule has 0 aromatic carbocycles. The summed E-state index contributed by atoms with van der Waals surface area (Å²) in [5.41, 5.74) is 6.06. The van der Waals surface area contributed by atoms with Crippen molar-refractivity contribution in [2.24, 2.45) is 23.5 Å². The van der Waals surface area contributed by atoms with Crippen molar-refractivity contribution in [3.8, 4) is 0 Å². The molecule has 2 heterocycles. The van der Waals surface area contributed by atoms with Gasteiger partial charge in [-0.3, -0.25) is 9.59 Å². The van der Waals surface area contributed by atoms with Crippen LogP contribution in [0.15, 0.2) is 0 Å². The van der Waals surface area contributed by atoms with Crippen molar-refractivity contribution in [1.29, 1.82) is 0 Å². The van der Waals surface area contributed by atoms with E-state index in [-0.39, 0.29) is 23.9 Å². The molecule has 2 saturated heterocycles. The summed E-state index contributed by atoms with van der Waals surface area (Å²) in [4.78, 5) is 26.3. The van der Waals surface area contributed by atoms with Crippen LogP contribution in [0.3, 0.4) is 0 Å². The van der Waals surface area contributed by atoms with E-state index < -0.39 is 0 Å². The van der Waals surface area contributed by atoms with E-state index in [2.05, 4.69) is 12.2 Å². The predicted octanol–water partition coefficient (Wildman–Crippen LogP) is 0.877. The Morgan fingerprint density at radius 1 is 1.29 bits per heavy atom. The van der Waals surface area contributed by atoms with Crippen LogP contribution in [0.25, 0.3) is 0 Å². The summed E-state index contributed by atoms with van der Waals surface area (Å²) >= 11 is 0. The second-order valence-corrected chi connectivity index (χ2v) is 7.20. The van der Waals surface area contributed by atoms with Gasteiger partial charge in [-0.05, 0) is 43.9 Å². The molecule has 3 N–H and O–H groups in total. The van der Waals surface area contributed by atoms with Crippen LogP contribution in [0.5, 0.6) is 0 Å². The largest absolute Gasteiger partial charge is 0.353 e. The van der Waals surface area contributed by atoms with E-state index in [0.29, 0.717) is 24.2 Å². The molecule has 1 saturated carbocycles. The highest BCUT2D eigenvalue weighted by Gasteiger charge is 2.39. The molecule has 3 rings (SSSR count). The van der Waals surface area contributed by atoms with Crippen LogP contribution in [0.4, 0.5) is 0 Å². The van der Waals surface area contributed by atoms with Gasteiger partial charge in [0.05, 0.1) is 0 Å². The highest BCUT2D eigenvalue weighted by atomic mass is 16.2. The number of hydrogen-bond acceptors (Lipinski definition) is 3.